The van der Waals surface area contributed by atoms with Crippen LogP contribution in [0.5, 0.6) is 5.88 Å². The second-order valence-electron chi connectivity index (χ2n) is 4.31. The van der Waals surface area contributed by atoms with E-state index in [2.05, 4.69) is 10.2 Å². The molecule has 21 heavy (non-hydrogen) atoms. The molecule has 0 N–H and O–H groups in total. The molecule has 0 amide bonds. The smallest absolute Gasteiger partial charge is 0.344 e. The van der Waals surface area contributed by atoms with Crippen molar-refractivity contribution in [2.75, 3.05) is 13.2 Å². The Morgan fingerprint density at radius 1 is 1.24 bits per heavy atom. The Kier molecular flexibility index (Phi) is 5.11. The van der Waals surface area contributed by atoms with Crippen LogP contribution in [0, 0.1) is 6.92 Å². The summed E-state index contributed by atoms with van der Waals surface area (Å²) in [4.78, 5) is 11.2. The van der Waals surface area contributed by atoms with Gasteiger partial charge in [-0.3, -0.25) is 0 Å². The molecule has 0 saturated carbocycles. The molecule has 0 unspecified atom stereocenters. The Morgan fingerprint density at radius 3 is 2.67 bits per heavy atom. The van der Waals surface area contributed by atoms with E-state index in [-0.39, 0.29) is 12.5 Å². The maximum atomic E-state index is 11.2. The number of rotatable bonds is 5. The van der Waals surface area contributed by atoms with Gasteiger partial charge in [-0.25, -0.2) is 4.79 Å². The minimum absolute atomic E-state index is 0.179. The van der Waals surface area contributed by atoms with Crippen LogP contribution in [-0.2, 0) is 9.53 Å². The first-order valence-corrected chi connectivity index (χ1v) is 6.86. The number of esters is 1. The van der Waals surface area contributed by atoms with E-state index in [0.29, 0.717) is 17.3 Å². The summed E-state index contributed by atoms with van der Waals surface area (Å²) in [6.07, 6.45) is 0. The van der Waals surface area contributed by atoms with E-state index in [1.165, 1.54) is 0 Å². The number of carbonyl (C=O) groups excluding carboxylic acids is 1. The number of aromatic nitrogens is 2. The minimum atomic E-state index is -0.434. The molecule has 0 aliphatic heterocycles. The van der Waals surface area contributed by atoms with E-state index >= 15 is 0 Å². The summed E-state index contributed by atoms with van der Waals surface area (Å²) in [7, 11) is 0. The largest absolute Gasteiger partial charge is 0.465 e. The predicted octanol–water partition coefficient (Wildman–Crippen LogP) is 3.05. The summed E-state index contributed by atoms with van der Waals surface area (Å²) in [6.45, 7) is 3.81. The van der Waals surface area contributed by atoms with E-state index in [1.54, 1.807) is 19.1 Å². The van der Waals surface area contributed by atoms with Crippen molar-refractivity contribution >= 4 is 17.6 Å². The molecule has 110 valence electrons. The average molecular weight is 307 g/mol. The fraction of sp³-hybridized carbons (Fsp3) is 0.267. The number of ether oxygens (including phenoxy) is 2. The predicted molar refractivity (Wildman–Crippen MR) is 79.3 cm³/mol. The topological polar surface area (TPSA) is 61.3 Å². The summed E-state index contributed by atoms with van der Waals surface area (Å²) >= 11 is 5.99. The number of hydrogen-bond acceptors (Lipinski definition) is 5. The molecule has 0 aliphatic rings. The fourth-order valence-corrected chi connectivity index (χ4v) is 1.81. The zero-order chi connectivity index (χ0) is 15.2. The van der Waals surface area contributed by atoms with Gasteiger partial charge >= 0.3 is 5.97 Å². The van der Waals surface area contributed by atoms with E-state index in [4.69, 9.17) is 21.1 Å². The number of hydrogen-bond donors (Lipinski definition) is 0. The number of benzene rings is 1. The highest BCUT2D eigenvalue weighted by atomic mass is 35.5. The fourth-order valence-electron chi connectivity index (χ4n) is 1.69. The van der Waals surface area contributed by atoms with Crippen LogP contribution in [0.25, 0.3) is 11.3 Å². The lowest BCUT2D eigenvalue weighted by Gasteiger charge is -2.06. The highest BCUT2D eigenvalue weighted by Crippen LogP contribution is 2.23. The Labute approximate surface area is 127 Å². The van der Waals surface area contributed by atoms with Gasteiger partial charge in [0, 0.05) is 16.7 Å². The third kappa shape index (κ3) is 4.16. The van der Waals surface area contributed by atoms with Gasteiger partial charge in [0.25, 0.3) is 0 Å². The summed E-state index contributed by atoms with van der Waals surface area (Å²) in [5.41, 5.74) is 2.60. The molecule has 0 bridgehead atoms. The monoisotopic (exact) mass is 306 g/mol. The molecule has 0 radical (unpaired) electrons. The van der Waals surface area contributed by atoms with Gasteiger partial charge in [-0.2, -0.15) is 0 Å². The Morgan fingerprint density at radius 2 is 2.05 bits per heavy atom. The van der Waals surface area contributed by atoms with Crippen molar-refractivity contribution in [2.24, 2.45) is 0 Å². The van der Waals surface area contributed by atoms with E-state index in [9.17, 15) is 4.79 Å². The van der Waals surface area contributed by atoms with E-state index < -0.39 is 5.97 Å². The van der Waals surface area contributed by atoms with Gasteiger partial charge in [0.2, 0.25) is 5.88 Å². The second kappa shape index (κ2) is 7.04. The Hall–Kier alpha value is -2.14. The Balaban J connectivity index is 2.04. The summed E-state index contributed by atoms with van der Waals surface area (Å²) in [5, 5.41) is 8.71. The van der Waals surface area contributed by atoms with Gasteiger partial charge in [-0.1, -0.05) is 17.7 Å². The lowest BCUT2D eigenvalue weighted by molar-refractivity contribution is -0.145. The van der Waals surface area contributed by atoms with Crippen molar-refractivity contribution in [2.45, 2.75) is 13.8 Å². The highest BCUT2D eigenvalue weighted by Gasteiger charge is 2.06. The van der Waals surface area contributed by atoms with Crippen LogP contribution in [0.1, 0.15) is 12.5 Å². The summed E-state index contributed by atoms with van der Waals surface area (Å²) in [6, 6.07) is 9.06. The van der Waals surface area contributed by atoms with Crippen LogP contribution in [0.2, 0.25) is 5.02 Å². The minimum Gasteiger partial charge on any atom is -0.465 e. The lowest BCUT2D eigenvalue weighted by atomic mass is 10.1. The first kappa shape index (κ1) is 15.3. The average Bonchev–Trinajstić information content (AvgIpc) is 2.49. The van der Waals surface area contributed by atoms with Crippen LogP contribution in [0.4, 0.5) is 0 Å². The summed E-state index contributed by atoms with van der Waals surface area (Å²) < 4.78 is 9.94. The molecular formula is C15H15ClN2O3. The molecule has 2 rings (SSSR count). The van der Waals surface area contributed by atoms with Crippen LogP contribution >= 0.6 is 11.6 Å². The molecule has 0 saturated heterocycles. The highest BCUT2D eigenvalue weighted by molar-refractivity contribution is 6.31. The van der Waals surface area contributed by atoms with Crippen molar-refractivity contribution in [1.29, 1.82) is 0 Å². The molecule has 1 aromatic carbocycles. The van der Waals surface area contributed by atoms with Crippen LogP contribution in [-0.4, -0.2) is 29.4 Å². The molecule has 1 heterocycles. The lowest BCUT2D eigenvalue weighted by Crippen LogP contribution is -2.15. The maximum absolute atomic E-state index is 11.2. The molecule has 0 fully saturated rings. The van der Waals surface area contributed by atoms with Gasteiger partial charge in [0.1, 0.15) is 0 Å². The molecule has 0 atom stereocenters. The molecule has 6 heteroatoms. The van der Waals surface area contributed by atoms with Crippen molar-refractivity contribution in [3.63, 3.8) is 0 Å². The molecule has 0 spiro atoms. The quantitative estimate of drug-likeness (QED) is 0.795. The zero-order valence-electron chi connectivity index (χ0n) is 11.8. The summed E-state index contributed by atoms with van der Waals surface area (Å²) in [5.74, 6) is -0.158. The third-order valence-electron chi connectivity index (χ3n) is 2.74. The van der Waals surface area contributed by atoms with E-state index in [1.807, 2.05) is 25.1 Å². The third-order valence-corrected chi connectivity index (χ3v) is 3.16. The van der Waals surface area contributed by atoms with Crippen molar-refractivity contribution < 1.29 is 14.3 Å². The van der Waals surface area contributed by atoms with Crippen molar-refractivity contribution in [1.82, 2.24) is 10.2 Å². The first-order chi connectivity index (χ1) is 10.1. The molecule has 2 aromatic rings. The normalized spacial score (nSPS) is 10.2. The van der Waals surface area contributed by atoms with E-state index in [0.717, 1.165) is 11.1 Å². The van der Waals surface area contributed by atoms with Gasteiger partial charge in [0.15, 0.2) is 6.61 Å². The second-order valence-corrected chi connectivity index (χ2v) is 4.72. The molecular weight excluding hydrogens is 292 g/mol. The van der Waals surface area contributed by atoms with Crippen molar-refractivity contribution in [3.8, 4) is 17.1 Å². The van der Waals surface area contributed by atoms with Gasteiger partial charge in [-0.05, 0) is 37.6 Å². The van der Waals surface area contributed by atoms with Crippen LogP contribution < -0.4 is 4.74 Å². The number of aryl methyl sites for hydroxylation is 1. The van der Waals surface area contributed by atoms with Gasteiger partial charge in [-0.15, -0.1) is 10.2 Å². The number of halogens is 1. The van der Waals surface area contributed by atoms with Crippen LogP contribution in [0.3, 0.4) is 0 Å². The zero-order valence-corrected chi connectivity index (χ0v) is 12.6. The van der Waals surface area contributed by atoms with Gasteiger partial charge < -0.3 is 9.47 Å². The maximum Gasteiger partial charge on any atom is 0.344 e. The molecule has 1 aromatic heterocycles. The Bertz CT molecular complexity index is 629. The number of nitrogens with zero attached hydrogens (tertiary/aromatic N) is 2. The van der Waals surface area contributed by atoms with Gasteiger partial charge in [0.05, 0.1) is 12.3 Å². The number of carbonyl (C=O) groups is 1. The first-order valence-electron chi connectivity index (χ1n) is 6.49. The molecule has 5 nitrogen and oxygen atoms in total. The standard InChI is InChI=1S/C15H15ClN2O3/c1-3-20-15(19)9-21-14-7-6-13(17-18-14)11-4-5-12(16)10(2)8-11/h4-8H,3,9H2,1-2H3. The van der Waals surface area contributed by atoms with Crippen LogP contribution in [0.15, 0.2) is 30.3 Å². The molecule has 0 aliphatic carbocycles. The van der Waals surface area contributed by atoms with Crippen molar-refractivity contribution in [3.05, 3.63) is 40.9 Å². The SMILES string of the molecule is CCOC(=O)COc1ccc(-c2ccc(Cl)c(C)c2)nn1.